The summed E-state index contributed by atoms with van der Waals surface area (Å²) in [6.07, 6.45) is 2.34. The van der Waals surface area contributed by atoms with Crippen LogP contribution in [-0.4, -0.2) is 35.3 Å². The Balaban J connectivity index is 3.54. The molecule has 2 N–H and O–H groups in total. The van der Waals surface area contributed by atoms with Crippen LogP contribution < -0.4 is 5.32 Å². The molecule has 0 amide bonds. The van der Waals surface area contributed by atoms with Crippen LogP contribution in [0.15, 0.2) is 0 Å². The predicted molar refractivity (Wildman–Crippen MR) is 70.6 cm³/mol. The largest absolute Gasteiger partial charge is 0.394 e. The molecule has 0 aliphatic heterocycles. The number of aliphatic hydroxyl groups is 1. The van der Waals surface area contributed by atoms with Crippen molar-refractivity contribution < 1.29 is 5.11 Å². The quantitative estimate of drug-likeness (QED) is 0.600. The van der Waals surface area contributed by atoms with Gasteiger partial charge < -0.3 is 10.4 Å². The first kappa shape index (κ1) is 15.3. The van der Waals surface area contributed by atoms with Crippen molar-refractivity contribution in [1.82, 2.24) is 5.32 Å². The molecule has 1 unspecified atom stereocenters. The van der Waals surface area contributed by atoms with Gasteiger partial charge in [-0.15, -0.1) is 0 Å². The lowest BCUT2D eigenvalue weighted by atomic mass is 10.0. The van der Waals surface area contributed by atoms with Gasteiger partial charge in [0.1, 0.15) is 0 Å². The van der Waals surface area contributed by atoms with E-state index >= 15 is 0 Å². The Bertz CT molecular complexity index is 153. The van der Waals surface area contributed by atoms with Gasteiger partial charge in [0, 0.05) is 5.54 Å². The first-order chi connectivity index (χ1) is 7.04. The molecule has 15 heavy (non-hydrogen) atoms. The van der Waals surface area contributed by atoms with Crippen molar-refractivity contribution >= 4 is 11.8 Å². The van der Waals surface area contributed by atoms with E-state index in [-0.39, 0.29) is 12.1 Å². The molecule has 0 aromatic heterocycles. The van der Waals surface area contributed by atoms with E-state index in [1.165, 1.54) is 12.2 Å². The predicted octanol–water partition coefficient (Wildman–Crippen LogP) is 2.52. The lowest BCUT2D eigenvalue weighted by molar-refractivity contribution is 0.173. The fourth-order valence-electron chi connectivity index (χ4n) is 1.37. The van der Waals surface area contributed by atoms with E-state index in [2.05, 4.69) is 33.0 Å². The number of aliphatic hydroxyl groups excluding tert-OH is 1. The van der Waals surface area contributed by atoms with Crippen molar-refractivity contribution in [2.24, 2.45) is 5.92 Å². The van der Waals surface area contributed by atoms with E-state index < -0.39 is 0 Å². The lowest BCUT2D eigenvalue weighted by Gasteiger charge is -2.28. The van der Waals surface area contributed by atoms with E-state index in [4.69, 9.17) is 0 Å². The Hall–Kier alpha value is 0.270. The molecule has 0 aromatic carbocycles. The number of thioether (sulfide) groups is 1. The van der Waals surface area contributed by atoms with Crippen molar-refractivity contribution in [3.63, 3.8) is 0 Å². The van der Waals surface area contributed by atoms with Gasteiger partial charge in [0.15, 0.2) is 0 Å². The summed E-state index contributed by atoms with van der Waals surface area (Å²) in [5.74, 6) is 3.18. The lowest BCUT2D eigenvalue weighted by Crippen LogP contribution is -2.46. The summed E-state index contributed by atoms with van der Waals surface area (Å²) in [5, 5.41) is 12.6. The maximum absolute atomic E-state index is 9.29. The number of hydrogen-bond donors (Lipinski definition) is 2. The standard InChI is InChI=1S/C12H27NOS/c1-5-13-12(4,10-14)7-9-15-8-6-11(2)3/h11,13-14H,5-10H2,1-4H3. The molecule has 0 aliphatic rings. The molecule has 0 heterocycles. The summed E-state index contributed by atoms with van der Waals surface area (Å²) in [6.45, 7) is 9.85. The molecule has 0 spiro atoms. The van der Waals surface area contributed by atoms with Gasteiger partial charge in [-0.2, -0.15) is 11.8 Å². The number of likely N-dealkylation sites (N-methyl/N-ethyl adjacent to an activating group) is 1. The molecule has 92 valence electrons. The van der Waals surface area contributed by atoms with Gasteiger partial charge in [-0.3, -0.25) is 0 Å². The second-order valence-electron chi connectivity index (χ2n) is 4.79. The molecular formula is C12H27NOS. The molecule has 1 atom stereocenters. The summed E-state index contributed by atoms with van der Waals surface area (Å²) in [7, 11) is 0. The minimum Gasteiger partial charge on any atom is -0.394 e. The van der Waals surface area contributed by atoms with Crippen molar-refractivity contribution in [2.75, 3.05) is 24.7 Å². The Morgan fingerprint density at radius 1 is 1.33 bits per heavy atom. The first-order valence-electron chi connectivity index (χ1n) is 5.97. The fraction of sp³-hybridized carbons (Fsp3) is 1.00. The van der Waals surface area contributed by atoms with Gasteiger partial charge in [0.05, 0.1) is 6.61 Å². The highest BCUT2D eigenvalue weighted by Gasteiger charge is 2.20. The summed E-state index contributed by atoms with van der Waals surface area (Å²) in [6, 6.07) is 0. The smallest absolute Gasteiger partial charge is 0.0610 e. The average Bonchev–Trinajstić information content (AvgIpc) is 2.17. The van der Waals surface area contributed by atoms with Crippen LogP contribution in [0.25, 0.3) is 0 Å². The molecule has 0 fully saturated rings. The Morgan fingerprint density at radius 3 is 2.47 bits per heavy atom. The molecule has 0 aliphatic carbocycles. The van der Waals surface area contributed by atoms with Crippen LogP contribution in [0.4, 0.5) is 0 Å². The van der Waals surface area contributed by atoms with Crippen molar-refractivity contribution in [1.29, 1.82) is 0 Å². The molecule has 0 bridgehead atoms. The first-order valence-corrected chi connectivity index (χ1v) is 7.13. The van der Waals surface area contributed by atoms with Gasteiger partial charge >= 0.3 is 0 Å². The normalized spacial score (nSPS) is 15.6. The summed E-state index contributed by atoms with van der Waals surface area (Å²) in [4.78, 5) is 0. The van der Waals surface area contributed by atoms with E-state index in [0.717, 1.165) is 24.6 Å². The Labute approximate surface area is 99.2 Å². The van der Waals surface area contributed by atoms with Gasteiger partial charge in [-0.25, -0.2) is 0 Å². The number of nitrogens with one attached hydrogen (secondary N) is 1. The molecule has 3 heteroatoms. The van der Waals surface area contributed by atoms with E-state index in [1.54, 1.807) is 0 Å². The Morgan fingerprint density at radius 2 is 2.00 bits per heavy atom. The highest BCUT2D eigenvalue weighted by Crippen LogP contribution is 2.15. The second kappa shape index (κ2) is 8.43. The number of hydrogen-bond acceptors (Lipinski definition) is 3. The van der Waals surface area contributed by atoms with Crippen LogP contribution in [0.3, 0.4) is 0 Å². The van der Waals surface area contributed by atoms with E-state index in [1.807, 2.05) is 11.8 Å². The topological polar surface area (TPSA) is 32.3 Å². The third-order valence-electron chi connectivity index (χ3n) is 2.59. The summed E-state index contributed by atoms with van der Waals surface area (Å²) in [5.41, 5.74) is -0.0837. The molecular weight excluding hydrogens is 206 g/mol. The maximum Gasteiger partial charge on any atom is 0.0610 e. The van der Waals surface area contributed by atoms with Gasteiger partial charge in [0.25, 0.3) is 0 Å². The van der Waals surface area contributed by atoms with Crippen LogP contribution in [0.2, 0.25) is 0 Å². The van der Waals surface area contributed by atoms with Crippen LogP contribution in [0.5, 0.6) is 0 Å². The zero-order valence-electron chi connectivity index (χ0n) is 10.7. The second-order valence-corrected chi connectivity index (χ2v) is 6.02. The van der Waals surface area contributed by atoms with Crippen molar-refractivity contribution in [2.45, 2.75) is 46.1 Å². The molecule has 0 radical (unpaired) electrons. The van der Waals surface area contributed by atoms with Gasteiger partial charge in [-0.1, -0.05) is 20.8 Å². The summed E-state index contributed by atoms with van der Waals surface area (Å²) < 4.78 is 0. The van der Waals surface area contributed by atoms with Crippen LogP contribution in [0, 0.1) is 5.92 Å². The number of rotatable bonds is 9. The highest BCUT2D eigenvalue weighted by molar-refractivity contribution is 7.99. The fourth-order valence-corrected chi connectivity index (χ4v) is 2.81. The molecule has 0 rings (SSSR count). The van der Waals surface area contributed by atoms with E-state index in [0.29, 0.717) is 0 Å². The molecule has 0 aromatic rings. The minimum absolute atomic E-state index is 0.0837. The summed E-state index contributed by atoms with van der Waals surface area (Å²) >= 11 is 2.00. The van der Waals surface area contributed by atoms with Gasteiger partial charge in [-0.05, 0) is 43.7 Å². The zero-order valence-corrected chi connectivity index (χ0v) is 11.5. The van der Waals surface area contributed by atoms with E-state index in [9.17, 15) is 5.11 Å². The molecule has 0 saturated carbocycles. The minimum atomic E-state index is -0.0837. The average molecular weight is 233 g/mol. The zero-order chi connectivity index (χ0) is 11.7. The highest BCUT2D eigenvalue weighted by atomic mass is 32.2. The SMILES string of the molecule is CCNC(C)(CO)CCSCCC(C)C. The third-order valence-corrected chi connectivity index (χ3v) is 3.61. The van der Waals surface area contributed by atoms with Crippen LogP contribution >= 0.6 is 11.8 Å². The third kappa shape index (κ3) is 8.12. The maximum atomic E-state index is 9.29. The van der Waals surface area contributed by atoms with Crippen LogP contribution in [-0.2, 0) is 0 Å². The van der Waals surface area contributed by atoms with Crippen molar-refractivity contribution in [3.8, 4) is 0 Å². The Kier molecular flexibility index (Phi) is 8.58. The van der Waals surface area contributed by atoms with Crippen molar-refractivity contribution in [3.05, 3.63) is 0 Å². The van der Waals surface area contributed by atoms with Crippen LogP contribution in [0.1, 0.15) is 40.5 Å². The molecule has 0 saturated heterocycles. The molecule has 2 nitrogen and oxygen atoms in total. The monoisotopic (exact) mass is 233 g/mol. The van der Waals surface area contributed by atoms with Gasteiger partial charge in [0.2, 0.25) is 0 Å².